The van der Waals surface area contributed by atoms with Crippen LogP contribution in [0.2, 0.25) is 0 Å². The van der Waals surface area contributed by atoms with Gasteiger partial charge in [0.25, 0.3) is 0 Å². The van der Waals surface area contributed by atoms with E-state index < -0.39 is 0 Å². The summed E-state index contributed by atoms with van der Waals surface area (Å²) in [5.41, 5.74) is 11.3. The number of amides is 1. The van der Waals surface area contributed by atoms with Gasteiger partial charge in [0.05, 0.1) is 28.1 Å². The second-order valence-corrected chi connectivity index (χ2v) is 7.97. The number of aromatic amines is 1. The van der Waals surface area contributed by atoms with Crippen molar-refractivity contribution in [1.82, 2.24) is 25.0 Å². The van der Waals surface area contributed by atoms with E-state index in [4.69, 9.17) is 5.73 Å². The number of hydrogen-bond acceptors (Lipinski definition) is 5. The van der Waals surface area contributed by atoms with Crippen LogP contribution in [0.1, 0.15) is 17.9 Å². The Hall–Kier alpha value is -4.53. The molecular formula is C25H22FN7O. The summed E-state index contributed by atoms with van der Waals surface area (Å²) in [6, 6.07) is 19.3. The van der Waals surface area contributed by atoms with E-state index in [1.54, 1.807) is 28.9 Å². The van der Waals surface area contributed by atoms with Crippen LogP contribution in [0.5, 0.6) is 0 Å². The number of para-hydroxylation sites is 2. The van der Waals surface area contributed by atoms with Gasteiger partial charge in [-0.2, -0.15) is 0 Å². The number of carbonyl (C=O) groups is 1. The number of aromatic nitrogens is 5. The Kier molecular flexibility index (Phi) is 5.73. The number of imidazole rings is 1. The fraction of sp³-hybridized carbons (Fsp3) is 0.120. The number of nitrogens with one attached hydrogen (secondary N) is 2. The van der Waals surface area contributed by atoms with Crippen LogP contribution >= 0.6 is 0 Å². The fourth-order valence-corrected chi connectivity index (χ4v) is 3.71. The Morgan fingerprint density at radius 3 is 2.68 bits per heavy atom. The molecule has 0 aliphatic carbocycles. The molecule has 0 radical (unpaired) electrons. The number of hydrogen-bond donors (Lipinski definition) is 3. The third-order valence-electron chi connectivity index (χ3n) is 5.45. The van der Waals surface area contributed by atoms with Crippen molar-refractivity contribution in [2.24, 2.45) is 0 Å². The van der Waals surface area contributed by atoms with Gasteiger partial charge in [0, 0.05) is 19.0 Å². The number of H-pyrrole nitrogens is 1. The first-order valence-corrected chi connectivity index (χ1v) is 10.8. The molecule has 0 fully saturated rings. The molecule has 3 aromatic carbocycles. The predicted molar refractivity (Wildman–Crippen MR) is 128 cm³/mol. The molecule has 0 atom stereocenters. The van der Waals surface area contributed by atoms with Gasteiger partial charge in [-0.1, -0.05) is 35.5 Å². The van der Waals surface area contributed by atoms with Crippen LogP contribution in [-0.4, -0.2) is 30.9 Å². The van der Waals surface area contributed by atoms with Gasteiger partial charge in [0.1, 0.15) is 18.2 Å². The van der Waals surface area contributed by atoms with Gasteiger partial charge in [-0.25, -0.2) is 14.1 Å². The standard InChI is InChI=1S/C25H22FN7O/c26-18-8-5-16(6-9-18)17-7-11-20(27)23(13-17)30-25(34)12-10-19-14-33(32-31-19)15-24-28-21-3-1-2-4-22(21)29-24/h1-9,11,13-14H,10,12,15,27H2,(H,28,29)(H,30,34). The fourth-order valence-electron chi connectivity index (χ4n) is 3.71. The number of carbonyl (C=O) groups excluding carboxylic acids is 1. The summed E-state index contributed by atoms with van der Waals surface area (Å²) in [6.07, 6.45) is 2.47. The first kappa shape index (κ1) is 21.3. The normalized spacial score (nSPS) is 11.1. The number of benzene rings is 3. The Labute approximate surface area is 194 Å². The number of fused-ring (bicyclic) bond motifs is 1. The van der Waals surface area contributed by atoms with Gasteiger partial charge in [-0.15, -0.1) is 5.10 Å². The summed E-state index contributed by atoms with van der Waals surface area (Å²) in [4.78, 5) is 20.3. The number of nitrogen functional groups attached to an aromatic ring is 1. The topological polar surface area (TPSA) is 115 Å². The van der Waals surface area contributed by atoms with Crippen molar-refractivity contribution in [1.29, 1.82) is 0 Å². The lowest BCUT2D eigenvalue weighted by atomic mass is 10.0. The summed E-state index contributed by atoms with van der Waals surface area (Å²) in [5.74, 6) is 0.295. The molecule has 0 aliphatic rings. The third kappa shape index (κ3) is 4.78. The first-order valence-electron chi connectivity index (χ1n) is 10.8. The lowest BCUT2D eigenvalue weighted by Gasteiger charge is -2.10. The van der Waals surface area contributed by atoms with E-state index in [1.807, 2.05) is 36.5 Å². The Morgan fingerprint density at radius 2 is 1.85 bits per heavy atom. The zero-order valence-electron chi connectivity index (χ0n) is 18.2. The summed E-state index contributed by atoms with van der Waals surface area (Å²) >= 11 is 0. The molecule has 0 saturated carbocycles. The number of nitrogens with two attached hydrogens (primary N) is 1. The maximum Gasteiger partial charge on any atom is 0.224 e. The molecule has 9 heteroatoms. The van der Waals surface area contributed by atoms with E-state index >= 15 is 0 Å². The Bertz CT molecular complexity index is 1420. The molecular weight excluding hydrogens is 433 g/mol. The first-order chi connectivity index (χ1) is 16.5. The van der Waals surface area contributed by atoms with Crippen LogP contribution in [0.3, 0.4) is 0 Å². The minimum absolute atomic E-state index is 0.185. The predicted octanol–water partition coefficient (Wildman–Crippen LogP) is 4.16. The van der Waals surface area contributed by atoms with Gasteiger partial charge >= 0.3 is 0 Å². The van der Waals surface area contributed by atoms with Crippen LogP contribution in [0.25, 0.3) is 22.2 Å². The number of rotatable bonds is 7. The van der Waals surface area contributed by atoms with Crippen LogP contribution in [0, 0.1) is 5.82 Å². The van der Waals surface area contributed by atoms with E-state index in [9.17, 15) is 9.18 Å². The van der Waals surface area contributed by atoms with Crippen molar-refractivity contribution in [2.75, 3.05) is 11.1 Å². The number of halogens is 1. The molecule has 34 heavy (non-hydrogen) atoms. The highest BCUT2D eigenvalue weighted by Crippen LogP contribution is 2.27. The van der Waals surface area contributed by atoms with E-state index in [1.165, 1.54) is 12.1 Å². The van der Waals surface area contributed by atoms with E-state index in [2.05, 4.69) is 25.6 Å². The maximum atomic E-state index is 13.2. The second-order valence-electron chi connectivity index (χ2n) is 7.97. The van der Waals surface area contributed by atoms with Crippen molar-refractivity contribution in [3.05, 3.63) is 90.3 Å². The minimum atomic E-state index is -0.303. The number of anilines is 2. The van der Waals surface area contributed by atoms with Crippen molar-refractivity contribution in [2.45, 2.75) is 19.4 Å². The molecule has 5 aromatic rings. The summed E-state index contributed by atoms with van der Waals surface area (Å²) in [6.45, 7) is 0.459. The van der Waals surface area contributed by atoms with Crippen molar-refractivity contribution >= 4 is 28.3 Å². The van der Waals surface area contributed by atoms with E-state index in [0.29, 0.717) is 30.0 Å². The highest BCUT2D eigenvalue weighted by atomic mass is 19.1. The van der Waals surface area contributed by atoms with Crippen molar-refractivity contribution in [3.8, 4) is 11.1 Å². The lowest BCUT2D eigenvalue weighted by molar-refractivity contribution is -0.116. The molecule has 2 heterocycles. The molecule has 8 nitrogen and oxygen atoms in total. The number of nitrogens with zero attached hydrogens (tertiary/aromatic N) is 4. The van der Waals surface area contributed by atoms with E-state index in [0.717, 1.165) is 28.0 Å². The molecule has 1 amide bonds. The van der Waals surface area contributed by atoms with Crippen LogP contribution in [0.15, 0.2) is 72.9 Å². The molecule has 0 unspecified atom stereocenters. The molecule has 4 N–H and O–H groups in total. The molecule has 0 saturated heterocycles. The lowest BCUT2D eigenvalue weighted by Crippen LogP contribution is -2.13. The minimum Gasteiger partial charge on any atom is -0.397 e. The molecule has 170 valence electrons. The summed E-state index contributed by atoms with van der Waals surface area (Å²) in [7, 11) is 0. The average Bonchev–Trinajstić information content (AvgIpc) is 3.46. The second kappa shape index (κ2) is 9.14. The molecule has 2 aromatic heterocycles. The SMILES string of the molecule is Nc1ccc(-c2ccc(F)cc2)cc1NC(=O)CCc1cn(Cc2nc3ccccc3[nH]2)nn1. The van der Waals surface area contributed by atoms with Crippen LogP contribution in [-0.2, 0) is 17.8 Å². The van der Waals surface area contributed by atoms with Gasteiger partial charge < -0.3 is 16.0 Å². The van der Waals surface area contributed by atoms with Gasteiger partial charge in [0.15, 0.2) is 0 Å². The zero-order chi connectivity index (χ0) is 23.5. The van der Waals surface area contributed by atoms with Crippen molar-refractivity contribution in [3.63, 3.8) is 0 Å². The highest BCUT2D eigenvalue weighted by molar-refractivity contribution is 5.95. The average molecular weight is 455 g/mol. The summed E-state index contributed by atoms with van der Waals surface area (Å²) in [5, 5.41) is 11.2. The third-order valence-corrected chi connectivity index (χ3v) is 5.45. The van der Waals surface area contributed by atoms with Gasteiger partial charge in [0.2, 0.25) is 5.91 Å². The maximum absolute atomic E-state index is 13.2. The van der Waals surface area contributed by atoms with Crippen molar-refractivity contribution < 1.29 is 9.18 Å². The largest absolute Gasteiger partial charge is 0.397 e. The Morgan fingerprint density at radius 1 is 1.06 bits per heavy atom. The quantitative estimate of drug-likeness (QED) is 0.319. The monoisotopic (exact) mass is 455 g/mol. The zero-order valence-corrected chi connectivity index (χ0v) is 18.2. The Balaban J connectivity index is 1.19. The summed E-state index contributed by atoms with van der Waals surface area (Å²) < 4.78 is 14.9. The number of aryl methyl sites for hydroxylation is 1. The molecule has 0 bridgehead atoms. The molecule has 5 rings (SSSR count). The van der Waals surface area contributed by atoms with Gasteiger partial charge in [-0.05, 0) is 47.5 Å². The van der Waals surface area contributed by atoms with Crippen LogP contribution in [0.4, 0.5) is 15.8 Å². The molecule has 0 aliphatic heterocycles. The van der Waals surface area contributed by atoms with Crippen LogP contribution < -0.4 is 11.1 Å². The molecule has 0 spiro atoms. The van der Waals surface area contributed by atoms with Gasteiger partial charge in [-0.3, -0.25) is 4.79 Å². The van der Waals surface area contributed by atoms with E-state index in [-0.39, 0.29) is 18.1 Å². The highest BCUT2D eigenvalue weighted by Gasteiger charge is 2.11. The smallest absolute Gasteiger partial charge is 0.224 e.